The molecule has 0 bridgehead atoms. The van der Waals surface area contributed by atoms with E-state index in [0.717, 1.165) is 0 Å². The Morgan fingerprint density at radius 3 is 2.36 bits per heavy atom. The highest BCUT2D eigenvalue weighted by atomic mass is 35.5. The summed E-state index contributed by atoms with van der Waals surface area (Å²) in [6.07, 6.45) is 1.63. The van der Waals surface area contributed by atoms with Gasteiger partial charge in [-0.05, 0) is 42.0 Å². The molecule has 6 heteroatoms. The molecule has 0 saturated carbocycles. The van der Waals surface area contributed by atoms with Gasteiger partial charge in [0.1, 0.15) is 18.1 Å². The number of ether oxygens (including phenoxy) is 2. The molecule has 1 heterocycles. The predicted octanol–water partition coefficient (Wildman–Crippen LogP) is 6.84. The van der Waals surface area contributed by atoms with E-state index < -0.39 is 0 Å². The molecule has 0 aromatic heterocycles. The molecule has 0 atom stereocenters. The second-order valence-corrected chi connectivity index (χ2v) is 7.33. The number of halogens is 3. The Hall–Kier alpha value is -2.46. The van der Waals surface area contributed by atoms with Crippen molar-refractivity contribution >= 4 is 46.7 Å². The lowest BCUT2D eigenvalue weighted by atomic mass is 10.1. The van der Waals surface area contributed by atoms with E-state index in [9.17, 15) is 4.79 Å². The number of carbonyl (C=O) groups is 1. The predicted molar refractivity (Wildman–Crippen MR) is 112 cm³/mol. The molecule has 0 fully saturated rings. The number of benzene rings is 3. The SMILES string of the molecule is O=C1/C(=C/c2ccccc2Cl)Oc2cc(OCc3c(Cl)cccc3Cl)ccc21. The Kier molecular flexibility index (Phi) is 5.31. The highest BCUT2D eigenvalue weighted by Crippen LogP contribution is 2.36. The van der Waals surface area contributed by atoms with Gasteiger partial charge in [0.05, 0.1) is 5.56 Å². The van der Waals surface area contributed by atoms with Crippen LogP contribution in [0.3, 0.4) is 0 Å². The molecule has 3 aromatic carbocycles. The van der Waals surface area contributed by atoms with E-state index in [0.29, 0.717) is 43.3 Å². The Balaban J connectivity index is 1.55. The number of ketones is 1. The van der Waals surface area contributed by atoms with Crippen LogP contribution in [0.4, 0.5) is 0 Å². The van der Waals surface area contributed by atoms with Gasteiger partial charge >= 0.3 is 0 Å². The third kappa shape index (κ3) is 3.74. The first-order valence-corrected chi connectivity index (χ1v) is 9.55. The molecule has 3 nitrogen and oxygen atoms in total. The summed E-state index contributed by atoms with van der Waals surface area (Å²) in [6.45, 7) is 0.202. The van der Waals surface area contributed by atoms with Gasteiger partial charge in [-0.2, -0.15) is 0 Å². The molecule has 3 aromatic rings. The van der Waals surface area contributed by atoms with E-state index in [-0.39, 0.29) is 18.1 Å². The van der Waals surface area contributed by atoms with Gasteiger partial charge in [-0.25, -0.2) is 0 Å². The lowest BCUT2D eigenvalue weighted by Crippen LogP contribution is -1.98. The van der Waals surface area contributed by atoms with Crippen molar-refractivity contribution in [2.24, 2.45) is 0 Å². The molecular formula is C22H13Cl3O3. The molecule has 140 valence electrons. The molecule has 0 N–H and O–H groups in total. The smallest absolute Gasteiger partial charge is 0.231 e. The Morgan fingerprint density at radius 2 is 1.61 bits per heavy atom. The summed E-state index contributed by atoms with van der Waals surface area (Å²) < 4.78 is 11.5. The highest BCUT2D eigenvalue weighted by molar-refractivity contribution is 6.36. The fourth-order valence-corrected chi connectivity index (χ4v) is 3.51. The molecule has 0 amide bonds. The lowest BCUT2D eigenvalue weighted by molar-refractivity contribution is 0.101. The zero-order chi connectivity index (χ0) is 19.7. The van der Waals surface area contributed by atoms with Gasteiger partial charge in [-0.3, -0.25) is 4.79 Å². The van der Waals surface area contributed by atoms with Crippen molar-refractivity contribution in [1.82, 2.24) is 0 Å². The average Bonchev–Trinajstić information content (AvgIpc) is 2.98. The van der Waals surface area contributed by atoms with Crippen LogP contribution in [0, 0.1) is 0 Å². The Morgan fingerprint density at radius 1 is 0.893 bits per heavy atom. The summed E-state index contributed by atoms with van der Waals surface area (Å²) in [5.41, 5.74) is 1.88. The molecule has 0 saturated heterocycles. The fourth-order valence-electron chi connectivity index (χ4n) is 2.82. The summed E-state index contributed by atoms with van der Waals surface area (Å²) in [5.74, 6) is 0.998. The van der Waals surface area contributed by atoms with Gasteiger partial charge in [0.15, 0.2) is 5.76 Å². The number of fused-ring (bicyclic) bond motifs is 1. The van der Waals surface area contributed by atoms with E-state index in [1.807, 2.05) is 18.2 Å². The quantitative estimate of drug-likeness (QED) is 0.424. The van der Waals surface area contributed by atoms with E-state index >= 15 is 0 Å². The summed E-state index contributed by atoms with van der Waals surface area (Å²) in [5, 5.41) is 1.61. The van der Waals surface area contributed by atoms with Crippen LogP contribution in [-0.4, -0.2) is 5.78 Å². The van der Waals surface area contributed by atoms with Gasteiger partial charge in [0, 0.05) is 26.7 Å². The van der Waals surface area contributed by atoms with Gasteiger partial charge < -0.3 is 9.47 Å². The second-order valence-electron chi connectivity index (χ2n) is 6.11. The lowest BCUT2D eigenvalue weighted by Gasteiger charge is -2.10. The number of hydrogen-bond acceptors (Lipinski definition) is 3. The van der Waals surface area contributed by atoms with Gasteiger partial charge in [-0.15, -0.1) is 0 Å². The third-order valence-electron chi connectivity index (χ3n) is 4.28. The van der Waals surface area contributed by atoms with Crippen molar-refractivity contribution in [2.45, 2.75) is 6.61 Å². The van der Waals surface area contributed by atoms with Crippen LogP contribution in [0.5, 0.6) is 11.5 Å². The van der Waals surface area contributed by atoms with Crippen molar-refractivity contribution in [3.8, 4) is 11.5 Å². The molecule has 0 unspecified atom stereocenters. The summed E-state index contributed by atoms with van der Waals surface area (Å²) in [7, 11) is 0. The number of carbonyl (C=O) groups excluding carboxylic acids is 1. The molecular weight excluding hydrogens is 419 g/mol. The van der Waals surface area contributed by atoms with Gasteiger partial charge in [-0.1, -0.05) is 59.1 Å². The molecule has 0 aliphatic carbocycles. The topological polar surface area (TPSA) is 35.5 Å². The normalized spacial score (nSPS) is 14.1. The largest absolute Gasteiger partial charge is 0.489 e. The van der Waals surface area contributed by atoms with Crippen LogP contribution in [-0.2, 0) is 6.61 Å². The minimum atomic E-state index is -0.199. The van der Waals surface area contributed by atoms with Crippen molar-refractivity contribution in [2.75, 3.05) is 0 Å². The zero-order valence-corrected chi connectivity index (χ0v) is 16.7. The molecule has 1 aliphatic heterocycles. The van der Waals surface area contributed by atoms with E-state index in [1.165, 1.54) is 0 Å². The van der Waals surface area contributed by atoms with Crippen LogP contribution in [0.1, 0.15) is 21.5 Å². The molecule has 4 rings (SSSR count). The molecule has 28 heavy (non-hydrogen) atoms. The van der Waals surface area contributed by atoms with Crippen LogP contribution in [0.15, 0.2) is 66.4 Å². The van der Waals surface area contributed by atoms with Crippen molar-refractivity contribution < 1.29 is 14.3 Å². The van der Waals surface area contributed by atoms with Crippen molar-refractivity contribution in [1.29, 1.82) is 0 Å². The van der Waals surface area contributed by atoms with E-state index in [1.54, 1.807) is 48.5 Å². The van der Waals surface area contributed by atoms with Crippen molar-refractivity contribution in [3.05, 3.63) is 98.2 Å². The van der Waals surface area contributed by atoms with Crippen LogP contribution < -0.4 is 9.47 Å². The third-order valence-corrected chi connectivity index (χ3v) is 5.33. The van der Waals surface area contributed by atoms with Crippen LogP contribution in [0.2, 0.25) is 15.1 Å². The maximum Gasteiger partial charge on any atom is 0.231 e. The first-order chi connectivity index (χ1) is 13.5. The summed E-state index contributed by atoms with van der Waals surface area (Å²) in [6, 6.07) is 17.6. The molecule has 1 aliphatic rings. The first kappa shape index (κ1) is 18.9. The Bertz CT molecular complexity index is 1090. The molecule has 0 radical (unpaired) electrons. The van der Waals surface area contributed by atoms with E-state index in [2.05, 4.69) is 0 Å². The maximum absolute atomic E-state index is 12.6. The molecule has 0 spiro atoms. The Labute approximate surface area is 177 Å². The number of hydrogen-bond donors (Lipinski definition) is 0. The summed E-state index contributed by atoms with van der Waals surface area (Å²) in [4.78, 5) is 12.6. The first-order valence-electron chi connectivity index (χ1n) is 8.41. The van der Waals surface area contributed by atoms with E-state index in [4.69, 9.17) is 44.3 Å². The minimum Gasteiger partial charge on any atom is -0.489 e. The van der Waals surface area contributed by atoms with Gasteiger partial charge in [0.25, 0.3) is 0 Å². The average molecular weight is 432 g/mol. The minimum absolute atomic E-state index is 0.199. The number of rotatable bonds is 4. The zero-order valence-electron chi connectivity index (χ0n) is 14.4. The second kappa shape index (κ2) is 7.88. The highest BCUT2D eigenvalue weighted by Gasteiger charge is 2.28. The fraction of sp³-hybridized carbons (Fsp3) is 0.0455. The monoisotopic (exact) mass is 430 g/mol. The number of Topliss-reactive ketones (excluding diaryl/α,β-unsaturated/α-hetero) is 1. The van der Waals surface area contributed by atoms with Gasteiger partial charge in [0.2, 0.25) is 5.78 Å². The maximum atomic E-state index is 12.6. The number of allylic oxidation sites excluding steroid dienone is 1. The summed E-state index contributed by atoms with van der Waals surface area (Å²) >= 11 is 18.5. The van der Waals surface area contributed by atoms with Crippen molar-refractivity contribution in [3.63, 3.8) is 0 Å². The standard InChI is InChI=1S/C22H13Cl3O3/c23-17-5-2-1-4-13(17)10-21-22(26)15-9-8-14(11-20(15)28-21)27-12-16-18(24)6-3-7-19(16)25/h1-11H,12H2/b21-10-. The van der Waals surface area contributed by atoms with Crippen LogP contribution in [0.25, 0.3) is 6.08 Å². The van der Waals surface area contributed by atoms with Crippen LogP contribution >= 0.6 is 34.8 Å².